The third-order valence-electron chi connectivity index (χ3n) is 3.12. The number of likely N-dealkylation sites (tertiary alicyclic amines) is 1. The molecule has 1 aromatic heterocycles. The fraction of sp³-hybridized carbons (Fsp3) is 0.643. The molecule has 1 aromatic rings. The second-order valence-electron chi connectivity index (χ2n) is 5.91. The third-order valence-corrected chi connectivity index (χ3v) is 3.12. The van der Waals surface area contributed by atoms with Crippen LogP contribution >= 0.6 is 0 Å². The predicted molar refractivity (Wildman–Crippen MR) is 71.7 cm³/mol. The van der Waals surface area contributed by atoms with Crippen molar-refractivity contribution in [2.24, 2.45) is 5.41 Å². The summed E-state index contributed by atoms with van der Waals surface area (Å²) in [5.41, 5.74) is -0.342. The molecule has 0 unspecified atom stereocenters. The smallest absolute Gasteiger partial charge is 0.316 e. The van der Waals surface area contributed by atoms with E-state index in [1.54, 1.807) is 18.5 Å². The molecule has 104 valence electrons. The first-order valence-electron chi connectivity index (χ1n) is 6.70. The van der Waals surface area contributed by atoms with E-state index in [-0.39, 0.29) is 17.4 Å². The van der Waals surface area contributed by atoms with Gasteiger partial charge >= 0.3 is 6.01 Å². The minimum absolute atomic E-state index is 0.0116. The normalized spacial score (nSPS) is 20.2. The number of carbonyl (C=O) groups excluding carboxylic acids is 1. The van der Waals surface area contributed by atoms with Crippen molar-refractivity contribution in [2.75, 3.05) is 13.1 Å². The molecule has 0 N–H and O–H groups in total. The Bertz CT molecular complexity index is 428. The molecule has 2 heterocycles. The van der Waals surface area contributed by atoms with Gasteiger partial charge in [-0.15, -0.1) is 0 Å². The molecule has 0 radical (unpaired) electrons. The lowest BCUT2D eigenvalue weighted by atomic mass is 9.93. The van der Waals surface area contributed by atoms with E-state index >= 15 is 0 Å². The van der Waals surface area contributed by atoms with Crippen LogP contribution in [0, 0.1) is 5.41 Å². The van der Waals surface area contributed by atoms with Crippen LogP contribution < -0.4 is 4.74 Å². The number of nitrogens with zero attached hydrogens (tertiary/aromatic N) is 3. The van der Waals surface area contributed by atoms with Crippen LogP contribution in [-0.4, -0.2) is 40.0 Å². The number of amides is 1. The van der Waals surface area contributed by atoms with Gasteiger partial charge in [-0.3, -0.25) is 4.79 Å². The highest BCUT2D eigenvalue weighted by atomic mass is 16.5. The minimum Gasteiger partial charge on any atom is -0.458 e. The number of hydrogen-bond donors (Lipinski definition) is 0. The molecular weight excluding hydrogens is 242 g/mol. The molecule has 1 aliphatic heterocycles. The summed E-state index contributed by atoms with van der Waals surface area (Å²) in [4.78, 5) is 22.3. The molecule has 2 rings (SSSR count). The summed E-state index contributed by atoms with van der Waals surface area (Å²) in [5.74, 6) is 0.176. The van der Waals surface area contributed by atoms with Gasteiger partial charge in [0.15, 0.2) is 0 Å². The van der Waals surface area contributed by atoms with Gasteiger partial charge in [-0.2, -0.15) is 0 Å². The second kappa shape index (κ2) is 5.55. The molecule has 1 amide bonds. The lowest BCUT2D eigenvalue weighted by Crippen LogP contribution is -2.48. The van der Waals surface area contributed by atoms with Crippen molar-refractivity contribution in [3.8, 4) is 6.01 Å². The Morgan fingerprint density at radius 2 is 2.05 bits per heavy atom. The fourth-order valence-corrected chi connectivity index (χ4v) is 2.19. The van der Waals surface area contributed by atoms with E-state index in [0.29, 0.717) is 12.6 Å². The number of piperidine rings is 1. The SMILES string of the molecule is CC(C)(C)C(=O)N1CCC[C@@H](Oc2ncccn2)C1. The van der Waals surface area contributed by atoms with Crippen LogP contribution in [0.4, 0.5) is 0 Å². The predicted octanol–water partition coefficient (Wildman–Crippen LogP) is 1.89. The Hall–Kier alpha value is -1.65. The molecule has 0 aliphatic carbocycles. The quantitative estimate of drug-likeness (QED) is 0.817. The van der Waals surface area contributed by atoms with E-state index in [2.05, 4.69) is 9.97 Å². The van der Waals surface area contributed by atoms with Crippen LogP contribution in [0.3, 0.4) is 0 Å². The van der Waals surface area contributed by atoms with Crippen molar-refractivity contribution in [2.45, 2.75) is 39.7 Å². The van der Waals surface area contributed by atoms with Crippen LogP contribution in [0.5, 0.6) is 6.01 Å². The molecule has 5 heteroatoms. The van der Waals surface area contributed by atoms with Gasteiger partial charge in [0.25, 0.3) is 0 Å². The molecule has 0 saturated carbocycles. The first-order valence-corrected chi connectivity index (χ1v) is 6.70. The highest BCUT2D eigenvalue weighted by Gasteiger charge is 2.31. The highest BCUT2D eigenvalue weighted by molar-refractivity contribution is 5.81. The van der Waals surface area contributed by atoms with Crippen LogP contribution in [0.25, 0.3) is 0 Å². The molecule has 1 aliphatic rings. The average molecular weight is 263 g/mol. The summed E-state index contributed by atoms with van der Waals surface area (Å²) in [6.07, 6.45) is 5.19. The van der Waals surface area contributed by atoms with Gasteiger partial charge in [-0.05, 0) is 18.9 Å². The molecule has 5 nitrogen and oxygen atoms in total. The minimum atomic E-state index is -0.342. The van der Waals surface area contributed by atoms with Crippen LogP contribution in [0.15, 0.2) is 18.5 Å². The summed E-state index contributed by atoms with van der Waals surface area (Å²) in [6.45, 7) is 7.26. The summed E-state index contributed by atoms with van der Waals surface area (Å²) in [7, 11) is 0. The van der Waals surface area contributed by atoms with Gasteiger partial charge in [0.1, 0.15) is 6.10 Å². The maximum atomic E-state index is 12.3. The topological polar surface area (TPSA) is 55.3 Å². The van der Waals surface area contributed by atoms with E-state index in [4.69, 9.17) is 4.74 Å². The summed E-state index contributed by atoms with van der Waals surface area (Å²) < 4.78 is 5.73. The van der Waals surface area contributed by atoms with E-state index in [1.807, 2.05) is 25.7 Å². The van der Waals surface area contributed by atoms with Crippen molar-refractivity contribution in [3.63, 3.8) is 0 Å². The zero-order valence-corrected chi connectivity index (χ0v) is 11.8. The largest absolute Gasteiger partial charge is 0.458 e. The first kappa shape index (κ1) is 13.8. The Kier molecular flexibility index (Phi) is 4.02. The zero-order chi connectivity index (χ0) is 13.9. The Morgan fingerprint density at radius 1 is 1.37 bits per heavy atom. The lowest BCUT2D eigenvalue weighted by molar-refractivity contribution is -0.142. The molecule has 1 fully saturated rings. The summed E-state index contributed by atoms with van der Waals surface area (Å²) in [5, 5.41) is 0. The van der Waals surface area contributed by atoms with Gasteiger partial charge < -0.3 is 9.64 Å². The number of ether oxygens (including phenoxy) is 1. The Balaban J connectivity index is 1.96. The van der Waals surface area contributed by atoms with Gasteiger partial charge in [0, 0.05) is 24.4 Å². The zero-order valence-electron chi connectivity index (χ0n) is 11.8. The molecule has 1 saturated heterocycles. The number of aromatic nitrogens is 2. The standard InChI is InChI=1S/C14H21N3O2/c1-14(2,3)12(18)17-9-4-6-11(10-17)19-13-15-7-5-8-16-13/h5,7-8,11H,4,6,9-10H2,1-3H3/t11-/m1/s1. The lowest BCUT2D eigenvalue weighted by Gasteiger charge is -2.36. The first-order chi connectivity index (χ1) is 8.97. The number of hydrogen-bond acceptors (Lipinski definition) is 4. The number of carbonyl (C=O) groups is 1. The van der Waals surface area contributed by atoms with Crippen molar-refractivity contribution < 1.29 is 9.53 Å². The van der Waals surface area contributed by atoms with Gasteiger partial charge in [0.05, 0.1) is 6.54 Å². The van der Waals surface area contributed by atoms with Gasteiger partial charge in [0.2, 0.25) is 5.91 Å². The van der Waals surface area contributed by atoms with Crippen LogP contribution in [0.1, 0.15) is 33.6 Å². The second-order valence-corrected chi connectivity index (χ2v) is 5.91. The highest BCUT2D eigenvalue weighted by Crippen LogP contribution is 2.22. The summed E-state index contributed by atoms with van der Waals surface area (Å²) >= 11 is 0. The Morgan fingerprint density at radius 3 is 2.68 bits per heavy atom. The van der Waals surface area contributed by atoms with Crippen molar-refractivity contribution in [3.05, 3.63) is 18.5 Å². The fourth-order valence-electron chi connectivity index (χ4n) is 2.19. The maximum absolute atomic E-state index is 12.3. The van der Waals surface area contributed by atoms with E-state index in [1.165, 1.54) is 0 Å². The molecule has 19 heavy (non-hydrogen) atoms. The Labute approximate surface area is 114 Å². The number of rotatable bonds is 2. The van der Waals surface area contributed by atoms with Crippen LogP contribution in [0.2, 0.25) is 0 Å². The van der Waals surface area contributed by atoms with Crippen molar-refractivity contribution >= 4 is 5.91 Å². The van der Waals surface area contributed by atoms with Crippen molar-refractivity contribution in [1.29, 1.82) is 0 Å². The van der Waals surface area contributed by atoms with E-state index in [0.717, 1.165) is 19.4 Å². The van der Waals surface area contributed by atoms with E-state index < -0.39 is 0 Å². The maximum Gasteiger partial charge on any atom is 0.316 e. The molecule has 1 atom stereocenters. The molecule has 0 aromatic carbocycles. The average Bonchev–Trinajstić information content (AvgIpc) is 2.38. The monoisotopic (exact) mass is 263 g/mol. The van der Waals surface area contributed by atoms with E-state index in [9.17, 15) is 4.79 Å². The van der Waals surface area contributed by atoms with Crippen LogP contribution in [-0.2, 0) is 4.79 Å². The third kappa shape index (κ3) is 3.66. The van der Waals surface area contributed by atoms with Gasteiger partial charge in [-0.25, -0.2) is 9.97 Å². The van der Waals surface area contributed by atoms with Crippen molar-refractivity contribution in [1.82, 2.24) is 14.9 Å². The van der Waals surface area contributed by atoms with Gasteiger partial charge in [-0.1, -0.05) is 20.8 Å². The molecular formula is C14H21N3O2. The molecule has 0 spiro atoms. The summed E-state index contributed by atoms with van der Waals surface area (Å²) in [6, 6.07) is 2.14. The molecule has 0 bridgehead atoms.